The predicted octanol–water partition coefficient (Wildman–Crippen LogP) is 1.28. The van der Waals surface area contributed by atoms with Crippen LogP contribution in [-0.2, 0) is 9.59 Å². The lowest BCUT2D eigenvalue weighted by molar-refractivity contribution is -0.143. The van der Waals surface area contributed by atoms with Crippen LogP contribution in [0.25, 0.3) is 0 Å². The van der Waals surface area contributed by atoms with Gasteiger partial charge in [0, 0.05) is 5.56 Å². The minimum atomic E-state index is -1.19. The van der Waals surface area contributed by atoms with E-state index in [1.807, 2.05) is 0 Å². The van der Waals surface area contributed by atoms with Gasteiger partial charge in [-0.25, -0.2) is 4.99 Å². The standard InChI is InChI=1S/C13H11NO4/c1-18-9-4-2-3-8(7-9)11-6-5-10(13(16)17)12(15)14-11/h2-7,10H,1H3,(H,16,17). The molecule has 0 radical (unpaired) electrons. The van der Waals surface area contributed by atoms with Crippen molar-refractivity contribution in [3.05, 3.63) is 42.0 Å². The molecule has 0 fully saturated rings. The molecule has 1 aliphatic rings. The zero-order valence-corrected chi connectivity index (χ0v) is 9.66. The Morgan fingerprint density at radius 2 is 2.22 bits per heavy atom. The first-order valence-corrected chi connectivity index (χ1v) is 5.30. The van der Waals surface area contributed by atoms with E-state index in [0.29, 0.717) is 17.0 Å². The fraction of sp³-hybridized carbons (Fsp3) is 0.154. The summed E-state index contributed by atoms with van der Waals surface area (Å²) < 4.78 is 5.07. The van der Waals surface area contributed by atoms with Crippen molar-refractivity contribution in [2.45, 2.75) is 0 Å². The van der Waals surface area contributed by atoms with Gasteiger partial charge in [-0.15, -0.1) is 0 Å². The summed E-state index contributed by atoms with van der Waals surface area (Å²) >= 11 is 0. The maximum atomic E-state index is 11.5. The molecule has 1 aromatic rings. The van der Waals surface area contributed by atoms with Gasteiger partial charge in [0.2, 0.25) is 0 Å². The Labute approximate surface area is 103 Å². The highest BCUT2D eigenvalue weighted by molar-refractivity contribution is 6.18. The van der Waals surface area contributed by atoms with Crippen molar-refractivity contribution in [2.24, 2.45) is 10.9 Å². The molecule has 0 bridgehead atoms. The van der Waals surface area contributed by atoms with Crippen LogP contribution in [0.15, 0.2) is 41.4 Å². The van der Waals surface area contributed by atoms with E-state index in [0.717, 1.165) is 0 Å². The number of amides is 1. The summed E-state index contributed by atoms with van der Waals surface area (Å²) in [6.45, 7) is 0. The van der Waals surface area contributed by atoms with E-state index in [2.05, 4.69) is 4.99 Å². The lowest BCUT2D eigenvalue weighted by Gasteiger charge is -2.11. The number of allylic oxidation sites excluding steroid dienone is 1. The van der Waals surface area contributed by atoms with E-state index >= 15 is 0 Å². The minimum absolute atomic E-state index is 0.441. The predicted molar refractivity (Wildman–Crippen MR) is 64.8 cm³/mol. The van der Waals surface area contributed by atoms with Crippen LogP contribution in [0.5, 0.6) is 5.75 Å². The number of methoxy groups -OCH3 is 1. The molecule has 1 atom stereocenters. The van der Waals surface area contributed by atoms with E-state index in [4.69, 9.17) is 9.84 Å². The van der Waals surface area contributed by atoms with Crippen LogP contribution in [-0.4, -0.2) is 29.8 Å². The smallest absolute Gasteiger partial charge is 0.320 e. The summed E-state index contributed by atoms with van der Waals surface area (Å²) in [5.41, 5.74) is 1.15. The van der Waals surface area contributed by atoms with Gasteiger partial charge in [0.25, 0.3) is 5.91 Å². The number of rotatable bonds is 3. The number of carboxylic acid groups (broad SMARTS) is 1. The lowest BCUT2D eigenvalue weighted by atomic mass is 10.0. The highest BCUT2D eigenvalue weighted by atomic mass is 16.5. The number of carbonyl (C=O) groups is 2. The molecule has 0 aromatic heterocycles. The third-order valence-corrected chi connectivity index (χ3v) is 2.57. The molecule has 1 N–H and O–H groups in total. The van der Waals surface area contributed by atoms with Gasteiger partial charge in [-0.3, -0.25) is 9.59 Å². The number of carbonyl (C=O) groups excluding carboxylic acids is 1. The Morgan fingerprint density at radius 1 is 1.44 bits per heavy atom. The van der Waals surface area contributed by atoms with Crippen molar-refractivity contribution in [1.29, 1.82) is 0 Å². The number of aliphatic imine (C=N–C) groups is 1. The second kappa shape index (κ2) is 4.83. The van der Waals surface area contributed by atoms with Gasteiger partial charge in [-0.1, -0.05) is 18.2 Å². The zero-order valence-electron chi connectivity index (χ0n) is 9.66. The van der Waals surface area contributed by atoms with Gasteiger partial charge in [-0.2, -0.15) is 0 Å². The molecule has 0 aliphatic carbocycles. The molecule has 1 aliphatic heterocycles. The largest absolute Gasteiger partial charge is 0.497 e. The topological polar surface area (TPSA) is 76.0 Å². The average molecular weight is 245 g/mol. The molecule has 5 nitrogen and oxygen atoms in total. The maximum Gasteiger partial charge on any atom is 0.320 e. The zero-order chi connectivity index (χ0) is 13.1. The summed E-state index contributed by atoms with van der Waals surface area (Å²) in [6.07, 6.45) is 2.88. The van der Waals surface area contributed by atoms with Gasteiger partial charge < -0.3 is 9.84 Å². The Morgan fingerprint density at radius 3 is 2.83 bits per heavy atom. The summed E-state index contributed by atoms with van der Waals surface area (Å²) in [5, 5.41) is 8.79. The first-order valence-electron chi connectivity index (χ1n) is 5.30. The number of dihydropyridines is 1. The van der Waals surface area contributed by atoms with Gasteiger partial charge >= 0.3 is 5.97 Å². The summed E-state index contributed by atoms with van der Waals surface area (Å²) in [4.78, 5) is 26.1. The Balaban J connectivity index is 2.31. The number of aliphatic carboxylic acids is 1. The number of carboxylic acids is 1. The van der Waals surface area contributed by atoms with Crippen LogP contribution >= 0.6 is 0 Å². The summed E-state index contributed by atoms with van der Waals surface area (Å²) in [6, 6.07) is 7.06. The SMILES string of the molecule is COc1cccc(C2=NC(=O)C(C(=O)O)C=C2)c1. The van der Waals surface area contributed by atoms with Crippen LogP contribution in [0.4, 0.5) is 0 Å². The third kappa shape index (κ3) is 2.29. The first kappa shape index (κ1) is 12.0. The number of hydrogen-bond acceptors (Lipinski definition) is 3. The van der Waals surface area contributed by atoms with Gasteiger partial charge in [-0.05, 0) is 18.2 Å². The molecular weight excluding hydrogens is 234 g/mol. The van der Waals surface area contributed by atoms with Gasteiger partial charge in [0.1, 0.15) is 5.75 Å². The molecule has 0 spiro atoms. The summed E-state index contributed by atoms with van der Waals surface area (Å²) in [5.74, 6) is -2.39. The molecule has 18 heavy (non-hydrogen) atoms. The normalized spacial score (nSPS) is 18.4. The fourth-order valence-corrected chi connectivity index (χ4v) is 1.63. The van der Waals surface area contributed by atoms with Crippen LogP contribution < -0.4 is 4.74 Å². The molecule has 92 valence electrons. The number of nitrogens with zero attached hydrogens (tertiary/aromatic N) is 1. The molecule has 1 unspecified atom stereocenters. The van der Waals surface area contributed by atoms with Crippen molar-refractivity contribution in [2.75, 3.05) is 7.11 Å². The molecule has 0 saturated heterocycles. The van der Waals surface area contributed by atoms with Crippen LogP contribution in [0.1, 0.15) is 5.56 Å². The van der Waals surface area contributed by atoms with Gasteiger partial charge in [0.05, 0.1) is 12.8 Å². The second-order valence-corrected chi connectivity index (χ2v) is 3.74. The molecule has 2 rings (SSSR count). The minimum Gasteiger partial charge on any atom is -0.497 e. The fourth-order valence-electron chi connectivity index (χ4n) is 1.63. The van der Waals surface area contributed by atoms with Crippen LogP contribution in [0.2, 0.25) is 0 Å². The monoisotopic (exact) mass is 245 g/mol. The molecule has 1 aromatic carbocycles. The highest BCUT2D eigenvalue weighted by Crippen LogP contribution is 2.17. The van der Waals surface area contributed by atoms with E-state index in [9.17, 15) is 9.59 Å². The molecule has 1 amide bonds. The third-order valence-electron chi connectivity index (χ3n) is 2.57. The highest BCUT2D eigenvalue weighted by Gasteiger charge is 2.26. The van der Waals surface area contributed by atoms with E-state index in [-0.39, 0.29) is 0 Å². The average Bonchev–Trinajstić information content (AvgIpc) is 2.38. The molecule has 0 saturated carbocycles. The van der Waals surface area contributed by atoms with Crippen molar-refractivity contribution in [3.63, 3.8) is 0 Å². The lowest BCUT2D eigenvalue weighted by Crippen LogP contribution is -2.24. The summed E-state index contributed by atoms with van der Waals surface area (Å²) in [7, 11) is 1.54. The molecule has 5 heteroatoms. The van der Waals surface area contributed by atoms with Crippen molar-refractivity contribution in [3.8, 4) is 5.75 Å². The second-order valence-electron chi connectivity index (χ2n) is 3.74. The van der Waals surface area contributed by atoms with Crippen molar-refractivity contribution < 1.29 is 19.4 Å². The molecule has 1 heterocycles. The van der Waals surface area contributed by atoms with Crippen molar-refractivity contribution >= 4 is 17.6 Å². The first-order chi connectivity index (χ1) is 8.61. The maximum absolute atomic E-state index is 11.5. The molecular formula is C13H11NO4. The van der Waals surface area contributed by atoms with E-state index in [1.165, 1.54) is 12.2 Å². The van der Waals surface area contributed by atoms with E-state index < -0.39 is 17.8 Å². The van der Waals surface area contributed by atoms with Gasteiger partial charge in [0.15, 0.2) is 5.92 Å². The van der Waals surface area contributed by atoms with Crippen LogP contribution in [0, 0.1) is 5.92 Å². The Bertz CT molecular complexity index is 560. The van der Waals surface area contributed by atoms with E-state index in [1.54, 1.807) is 31.4 Å². The Kier molecular flexibility index (Phi) is 3.23. The quantitative estimate of drug-likeness (QED) is 0.814. The number of benzene rings is 1. The van der Waals surface area contributed by atoms with Crippen LogP contribution in [0.3, 0.4) is 0 Å². The Hall–Kier alpha value is -2.43. The number of hydrogen-bond donors (Lipinski definition) is 1. The van der Waals surface area contributed by atoms with Crippen molar-refractivity contribution in [1.82, 2.24) is 0 Å². The number of ether oxygens (including phenoxy) is 1.